The molecule has 0 spiro atoms. The fourth-order valence-corrected chi connectivity index (χ4v) is 2.96. The van der Waals surface area contributed by atoms with Gasteiger partial charge < -0.3 is 5.32 Å². The first-order valence-electron chi connectivity index (χ1n) is 8.59. The fourth-order valence-electron chi connectivity index (χ4n) is 2.96. The number of nitrogens with one attached hydrogen (secondary N) is 1. The molecule has 2 aromatic heterocycles. The average molecular weight is 394 g/mol. The Bertz CT molecular complexity index is 1130. The number of amides is 1. The first-order valence-corrected chi connectivity index (χ1v) is 8.59. The number of terminal acetylenes is 1. The molecule has 146 valence electrons. The van der Waals surface area contributed by atoms with Crippen LogP contribution in [0.25, 0.3) is 10.9 Å². The lowest BCUT2D eigenvalue weighted by Crippen LogP contribution is -2.46. The van der Waals surface area contributed by atoms with Gasteiger partial charge in [0.1, 0.15) is 6.04 Å². The van der Waals surface area contributed by atoms with Gasteiger partial charge in [-0.15, -0.1) is 6.42 Å². The quantitative estimate of drug-likeness (QED) is 0.671. The van der Waals surface area contributed by atoms with Crippen LogP contribution in [0.4, 0.5) is 8.78 Å². The van der Waals surface area contributed by atoms with Gasteiger partial charge in [-0.2, -0.15) is 19.1 Å². The lowest BCUT2D eigenvalue weighted by molar-refractivity contribution is -0.143. The SMILES string of the molecule is C#Cc1ncc([C@@H]([C@H](C)NC(=O)C(C)(F)F)n2ncc3cc(C#N)ccc32)cn1. The van der Waals surface area contributed by atoms with E-state index in [0.29, 0.717) is 29.0 Å². The zero-order valence-corrected chi connectivity index (χ0v) is 15.6. The summed E-state index contributed by atoms with van der Waals surface area (Å²) >= 11 is 0. The number of halogens is 2. The maximum absolute atomic E-state index is 13.4. The van der Waals surface area contributed by atoms with E-state index in [2.05, 4.69) is 32.4 Å². The molecule has 0 saturated carbocycles. The Kier molecular flexibility index (Phi) is 5.24. The molecule has 1 aromatic carbocycles. The Morgan fingerprint density at radius 1 is 1.31 bits per heavy atom. The second-order valence-corrected chi connectivity index (χ2v) is 6.55. The van der Waals surface area contributed by atoms with Gasteiger partial charge in [-0.3, -0.25) is 9.48 Å². The van der Waals surface area contributed by atoms with E-state index in [1.54, 1.807) is 36.0 Å². The number of nitrogens with zero attached hydrogens (tertiary/aromatic N) is 5. The van der Waals surface area contributed by atoms with Gasteiger partial charge in [-0.05, 0) is 31.0 Å². The highest BCUT2D eigenvalue weighted by Gasteiger charge is 2.35. The van der Waals surface area contributed by atoms with Crippen molar-refractivity contribution in [1.29, 1.82) is 5.26 Å². The van der Waals surface area contributed by atoms with Crippen LogP contribution < -0.4 is 5.32 Å². The van der Waals surface area contributed by atoms with Crippen molar-refractivity contribution < 1.29 is 13.6 Å². The van der Waals surface area contributed by atoms with Crippen molar-refractivity contribution in [3.05, 3.63) is 53.7 Å². The number of alkyl halides is 2. The van der Waals surface area contributed by atoms with Crippen LogP contribution in [0.3, 0.4) is 0 Å². The molecule has 0 aliphatic carbocycles. The molecule has 0 unspecified atom stereocenters. The van der Waals surface area contributed by atoms with Gasteiger partial charge in [0.25, 0.3) is 5.91 Å². The van der Waals surface area contributed by atoms with Crippen molar-refractivity contribution in [1.82, 2.24) is 25.1 Å². The van der Waals surface area contributed by atoms with E-state index in [0.717, 1.165) is 0 Å². The summed E-state index contributed by atoms with van der Waals surface area (Å²) in [5, 5.41) is 16.4. The van der Waals surface area contributed by atoms with Gasteiger partial charge in [-0.25, -0.2) is 9.97 Å². The lowest BCUT2D eigenvalue weighted by Gasteiger charge is -2.27. The van der Waals surface area contributed by atoms with Crippen molar-refractivity contribution in [3.8, 4) is 18.4 Å². The van der Waals surface area contributed by atoms with Gasteiger partial charge in [0.05, 0.1) is 29.4 Å². The standard InChI is InChI=1S/C20H16F2N6O/c1-4-17-24-9-15(10-25-17)18(12(2)27-19(29)20(3,21)22)28-16-6-5-13(8-23)7-14(16)11-26-28/h1,5-7,9-12,18H,2-3H3,(H,27,29)/t12-,18+/m0/s1. The van der Waals surface area contributed by atoms with Crippen LogP contribution in [-0.4, -0.2) is 37.6 Å². The first-order chi connectivity index (χ1) is 13.7. The Labute approximate surface area is 165 Å². The van der Waals surface area contributed by atoms with Crippen molar-refractivity contribution in [2.24, 2.45) is 0 Å². The normalized spacial score (nSPS) is 13.3. The summed E-state index contributed by atoms with van der Waals surface area (Å²) in [5.74, 6) is -2.45. The van der Waals surface area contributed by atoms with Crippen LogP contribution in [0.2, 0.25) is 0 Å². The van der Waals surface area contributed by atoms with Crippen LogP contribution in [0, 0.1) is 23.7 Å². The van der Waals surface area contributed by atoms with Crippen LogP contribution in [0.5, 0.6) is 0 Å². The Hall–Kier alpha value is -3.85. The highest BCUT2D eigenvalue weighted by molar-refractivity contribution is 5.83. The number of aromatic nitrogens is 4. The predicted molar refractivity (Wildman–Crippen MR) is 101 cm³/mol. The molecule has 3 rings (SSSR count). The molecule has 3 aromatic rings. The summed E-state index contributed by atoms with van der Waals surface area (Å²) < 4.78 is 28.4. The van der Waals surface area contributed by atoms with E-state index in [9.17, 15) is 13.6 Å². The predicted octanol–water partition coefficient (Wildman–Crippen LogP) is 2.43. The Morgan fingerprint density at radius 3 is 2.59 bits per heavy atom. The summed E-state index contributed by atoms with van der Waals surface area (Å²) in [7, 11) is 0. The molecule has 29 heavy (non-hydrogen) atoms. The molecule has 0 radical (unpaired) electrons. The molecule has 0 saturated heterocycles. The summed E-state index contributed by atoms with van der Waals surface area (Å²) in [5.41, 5.74) is 1.63. The second-order valence-electron chi connectivity index (χ2n) is 6.55. The number of nitriles is 1. The van der Waals surface area contributed by atoms with Crippen LogP contribution in [0.1, 0.15) is 36.8 Å². The summed E-state index contributed by atoms with van der Waals surface area (Å²) in [6.45, 7) is 2.11. The van der Waals surface area contributed by atoms with Gasteiger partial charge in [0.15, 0.2) is 0 Å². The number of hydrogen-bond acceptors (Lipinski definition) is 5. The minimum atomic E-state index is -3.53. The van der Waals surface area contributed by atoms with Crippen LogP contribution in [-0.2, 0) is 4.79 Å². The molecule has 2 heterocycles. The first kappa shape index (κ1) is 19.9. The lowest BCUT2D eigenvalue weighted by atomic mass is 10.0. The molecule has 1 N–H and O–H groups in total. The number of benzene rings is 1. The molecule has 0 aliphatic heterocycles. The van der Waals surface area contributed by atoms with Crippen molar-refractivity contribution in [2.45, 2.75) is 31.9 Å². The number of carbonyl (C=O) groups excluding carboxylic acids is 1. The highest BCUT2D eigenvalue weighted by Crippen LogP contribution is 2.27. The van der Waals surface area contributed by atoms with E-state index in [-0.39, 0.29) is 5.82 Å². The smallest absolute Gasteiger partial charge is 0.321 e. The molecule has 0 bridgehead atoms. The fraction of sp³-hybridized carbons (Fsp3) is 0.250. The van der Waals surface area contributed by atoms with E-state index >= 15 is 0 Å². The maximum atomic E-state index is 13.4. The number of carbonyl (C=O) groups is 1. The Balaban J connectivity index is 2.09. The molecule has 9 heteroatoms. The van der Waals surface area contributed by atoms with Gasteiger partial charge in [0.2, 0.25) is 5.82 Å². The van der Waals surface area contributed by atoms with Crippen LogP contribution in [0.15, 0.2) is 36.8 Å². The second kappa shape index (κ2) is 7.64. The van der Waals surface area contributed by atoms with Crippen molar-refractivity contribution in [2.75, 3.05) is 0 Å². The zero-order chi connectivity index (χ0) is 21.2. The van der Waals surface area contributed by atoms with Gasteiger partial charge in [0, 0.05) is 30.3 Å². The minimum Gasteiger partial charge on any atom is -0.346 e. The summed E-state index contributed by atoms with van der Waals surface area (Å²) in [6, 6.07) is 5.56. The third kappa shape index (κ3) is 4.04. The van der Waals surface area contributed by atoms with E-state index in [1.807, 2.05) is 0 Å². The summed E-state index contributed by atoms with van der Waals surface area (Å²) in [6.07, 6.45) is 9.78. The third-order valence-corrected chi connectivity index (χ3v) is 4.36. The monoisotopic (exact) mass is 394 g/mol. The molecule has 1 amide bonds. The number of hydrogen-bond donors (Lipinski definition) is 1. The highest BCUT2D eigenvalue weighted by atomic mass is 19.3. The van der Waals surface area contributed by atoms with E-state index < -0.39 is 23.9 Å². The number of rotatable bonds is 5. The van der Waals surface area contributed by atoms with Gasteiger partial charge in [-0.1, -0.05) is 0 Å². The van der Waals surface area contributed by atoms with Crippen molar-refractivity contribution >= 4 is 16.8 Å². The largest absolute Gasteiger partial charge is 0.346 e. The third-order valence-electron chi connectivity index (χ3n) is 4.36. The van der Waals surface area contributed by atoms with Crippen LogP contribution >= 0.6 is 0 Å². The molecule has 7 nitrogen and oxygen atoms in total. The molecule has 0 fully saturated rings. The Morgan fingerprint density at radius 2 is 2.00 bits per heavy atom. The van der Waals surface area contributed by atoms with Crippen molar-refractivity contribution in [3.63, 3.8) is 0 Å². The molecular formula is C20H16F2N6O. The molecule has 0 aliphatic rings. The summed E-state index contributed by atoms with van der Waals surface area (Å²) in [4.78, 5) is 20.0. The topological polar surface area (TPSA) is 96.5 Å². The number of fused-ring (bicyclic) bond motifs is 1. The molecule has 2 atom stereocenters. The molecular weight excluding hydrogens is 378 g/mol. The zero-order valence-electron chi connectivity index (χ0n) is 15.6. The van der Waals surface area contributed by atoms with E-state index in [1.165, 1.54) is 12.4 Å². The maximum Gasteiger partial charge on any atom is 0.321 e. The minimum absolute atomic E-state index is 0.174. The average Bonchev–Trinajstić information content (AvgIpc) is 3.10. The van der Waals surface area contributed by atoms with Gasteiger partial charge >= 0.3 is 5.92 Å². The van der Waals surface area contributed by atoms with E-state index in [4.69, 9.17) is 11.7 Å².